The molecule has 4 nitrogen and oxygen atoms in total. The molecule has 0 aromatic heterocycles. The quantitative estimate of drug-likeness (QED) is 0.662. The lowest BCUT2D eigenvalue weighted by Gasteiger charge is -2.33. The average Bonchev–Trinajstić information content (AvgIpc) is 2.19. The molecule has 0 bridgehead atoms. The molecule has 0 aromatic carbocycles. The number of rotatable bonds is 4. The van der Waals surface area contributed by atoms with E-state index < -0.39 is 0 Å². The molecule has 0 aliphatic heterocycles. The predicted octanol–water partition coefficient (Wildman–Crippen LogP) is 0.707. The molecule has 0 heterocycles. The van der Waals surface area contributed by atoms with E-state index in [-0.39, 0.29) is 6.10 Å². The minimum absolute atomic E-state index is 0.224. The first-order valence-electron chi connectivity index (χ1n) is 4.69. The second-order valence-corrected chi connectivity index (χ2v) is 3.54. The SMILES string of the molecule is COC1CCC(CON)C(OC)C1. The first-order valence-corrected chi connectivity index (χ1v) is 4.69. The summed E-state index contributed by atoms with van der Waals surface area (Å²) in [5, 5.41) is 0. The van der Waals surface area contributed by atoms with Gasteiger partial charge < -0.3 is 14.3 Å². The van der Waals surface area contributed by atoms with Crippen molar-refractivity contribution < 1.29 is 14.3 Å². The lowest BCUT2D eigenvalue weighted by Crippen LogP contribution is -2.37. The molecule has 4 heteroatoms. The molecule has 1 aliphatic carbocycles. The Morgan fingerprint density at radius 3 is 2.54 bits per heavy atom. The fourth-order valence-electron chi connectivity index (χ4n) is 1.97. The fraction of sp³-hybridized carbons (Fsp3) is 1.00. The van der Waals surface area contributed by atoms with Crippen LogP contribution in [0.5, 0.6) is 0 Å². The highest BCUT2D eigenvalue weighted by Crippen LogP contribution is 2.28. The van der Waals surface area contributed by atoms with Crippen LogP contribution in [0.1, 0.15) is 19.3 Å². The number of hydrogen-bond donors (Lipinski definition) is 1. The summed E-state index contributed by atoms with van der Waals surface area (Å²) in [5.74, 6) is 5.47. The van der Waals surface area contributed by atoms with E-state index in [9.17, 15) is 0 Å². The third-order valence-corrected chi connectivity index (χ3v) is 2.83. The van der Waals surface area contributed by atoms with Gasteiger partial charge in [0.05, 0.1) is 18.8 Å². The van der Waals surface area contributed by atoms with Gasteiger partial charge in [-0.1, -0.05) is 0 Å². The molecule has 3 atom stereocenters. The van der Waals surface area contributed by atoms with E-state index in [0.717, 1.165) is 19.3 Å². The van der Waals surface area contributed by atoms with Gasteiger partial charge in [0.15, 0.2) is 0 Å². The van der Waals surface area contributed by atoms with Gasteiger partial charge in [0.1, 0.15) is 0 Å². The van der Waals surface area contributed by atoms with Crippen molar-refractivity contribution in [3.8, 4) is 0 Å². The standard InChI is InChI=1S/C9H19NO3/c1-11-8-4-3-7(6-13-10)9(5-8)12-2/h7-9H,3-6,10H2,1-2H3. The number of hydrogen-bond acceptors (Lipinski definition) is 4. The third-order valence-electron chi connectivity index (χ3n) is 2.83. The summed E-state index contributed by atoms with van der Waals surface area (Å²) in [4.78, 5) is 4.66. The van der Waals surface area contributed by atoms with Crippen LogP contribution in [-0.2, 0) is 14.3 Å². The minimum Gasteiger partial charge on any atom is -0.381 e. The van der Waals surface area contributed by atoms with Crippen LogP contribution in [0.25, 0.3) is 0 Å². The van der Waals surface area contributed by atoms with Crippen LogP contribution >= 0.6 is 0 Å². The van der Waals surface area contributed by atoms with Crippen molar-refractivity contribution in [2.75, 3.05) is 20.8 Å². The number of nitrogens with two attached hydrogens (primary N) is 1. The highest BCUT2D eigenvalue weighted by Gasteiger charge is 2.30. The fourth-order valence-corrected chi connectivity index (χ4v) is 1.97. The Kier molecular flexibility index (Phi) is 4.66. The normalized spacial score (nSPS) is 34.8. The predicted molar refractivity (Wildman–Crippen MR) is 49.1 cm³/mol. The van der Waals surface area contributed by atoms with E-state index in [1.54, 1.807) is 14.2 Å². The Balaban J connectivity index is 2.40. The smallest absolute Gasteiger partial charge is 0.0732 e. The maximum atomic E-state index is 5.37. The minimum atomic E-state index is 0.224. The van der Waals surface area contributed by atoms with Crippen molar-refractivity contribution in [3.05, 3.63) is 0 Å². The van der Waals surface area contributed by atoms with Gasteiger partial charge >= 0.3 is 0 Å². The number of ether oxygens (including phenoxy) is 2. The van der Waals surface area contributed by atoms with Crippen LogP contribution in [0.15, 0.2) is 0 Å². The van der Waals surface area contributed by atoms with Crippen molar-refractivity contribution >= 4 is 0 Å². The lowest BCUT2D eigenvalue weighted by molar-refractivity contribution is -0.0649. The van der Waals surface area contributed by atoms with E-state index in [1.165, 1.54) is 0 Å². The van der Waals surface area contributed by atoms with Crippen LogP contribution in [0.2, 0.25) is 0 Å². The largest absolute Gasteiger partial charge is 0.381 e. The molecule has 1 saturated carbocycles. The molecular weight excluding hydrogens is 170 g/mol. The zero-order chi connectivity index (χ0) is 9.68. The van der Waals surface area contributed by atoms with Gasteiger partial charge in [-0.05, 0) is 12.8 Å². The molecule has 1 fully saturated rings. The van der Waals surface area contributed by atoms with Crippen molar-refractivity contribution in [3.63, 3.8) is 0 Å². The average molecular weight is 189 g/mol. The summed E-state index contributed by atoms with van der Waals surface area (Å²) in [6.07, 6.45) is 3.64. The van der Waals surface area contributed by atoms with Crippen molar-refractivity contribution in [2.24, 2.45) is 11.8 Å². The van der Waals surface area contributed by atoms with E-state index in [4.69, 9.17) is 15.4 Å². The van der Waals surface area contributed by atoms with Crippen molar-refractivity contribution in [2.45, 2.75) is 31.5 Å². The first kappa shape index (κ1) is 10.9. The third kappa shape index (κ3) is 2.91. The molecule has 13 heavy (non-hydrogen) atoms. The number of methoxy groups -OCH3 is 2. The summed E-state index contributed by atoms with van der Waals surface area (Å²) in [7, 11) is 3.48. The molecule has 0 radical (unpaired) electrons. The Hall–Kier alpha value is -0.160. The van der Waals surface area contributed by atoms with E-state index in [0.29, 0.717) is 18.6 Å². The maximum absolute atomic E-state index is 5.37. The molecule has 0 spiro atoms. The maximum Gasteiger partial charge on any atom is 0.0732 e. The van der Waals surface area contributed by atoms with Crippen molar-refractivity contribution in [1.29, 1.82) is 0 Å². The van der Waals surface area contributed by atoms with Gasteiger partial charge in [-0.25, -0.2) is 5.90 Å². The van der Waals surface area contributed by atoms with Gasteiger partial charge in [0.25, 0.3) is 0 Å². The van der Waals surface area contributed by atoms with Crippen molar-refractivity contribution in [1.82, 2.24) is 0 Å². The lowest BCUT2D eigenvalue weighted by atomic mass is 9.85. The topological polar surface area (TPSA) is 53.7 Å². The first-order chi connectivity index (χ1) is 6.31. The molecule has 0 saturated heterocycles. The highest BCUT2D eigenvalue weighted by atomic mass is 16.6. The van der Waals surface area contributed by atoms with Crippen LogP contribution in [-0.4, -0.2) is 33.0 Å². The zero-order valence-corrected chi connectivity index (χ0v) is 8.36. The van der Waals surface area contributed by atoms with Gasteiger partial charge in [0, 0.05) is 26.6 Å². The molecular formula is C9H19NO3. The second-order valence-electron chi connectivity index (χ2n) is 3.54. The van der Waals surface area contributed by atoms with Crippen LogP contribution in [0, 0.1) is 5.92 Å². The second kappa shape index (κ2) is 5.54. The van der Waals surface area contributed by atoms with Gasteiger partial charge in [-0.2, -0.15) is 0 Å². The van der Waals surface area contributed by atoms with E-state index in [2.05, 4.69) is 4.84 Å². The van der Waals surface area contributed by atoms with Gasteiger partial charge in [0.2, 0.25) is 0 Å². The Morgan fingerprint density at radius 2 is 2.00 bits per heavy atom. The van der Waals surface area contributed by atoms with Crippen LogP contribution in [0.3, 0.4) is 0 Å². The molecule has 1 rings (SSSR count). The van der Waals surface area contributed by atoms with Crippen LogP contribution in [0.4, 0.5) is 0 Å². The Bertz CT molecular complexity index is 143. The summed E-state index contributed by atoms with van der Waals surface area (Å²) in [5.41, 5.74) is 0. The summed E-state index contributed by atoms with van der Waals surface area (Å²) in [6, 6.07) is 0. The monoisotopic (exact) mass is 189 g/mol. The van der Waals surface area contributed by atoms with Crippen LogP contribution < -0.4 is 5.90 Å². The molecule has 78 valence electrons. The Morgan fingerprint density at radius 1 is 1.23 bits per heavy atom. The summed E-state index contributed by atoms with van der Waals surface area (Å²) in [6.45, 7) is 0.578. The van der Waals surface area contributed by atoms with E-state index in [1.807, 2.05) is 0 Å². The molecule has 3 unspecified atom stereocenters. The molecule has 0 aromatic rings. The van der Waals surface area contributed by atoms with Gasteiger partial charge in [-0.15, -0.1) is 0 Å². The summed E-state index contributed by atoms with van der Waals surface area (Å²) < 4.78 is 10.7. The van der Waals surface area contributed by atoms with E-state index >= 15 is 0 Å². The Labute approximate surface area is 79.3 Å². The molecule has 2 N–H and O–H groups in total. The molecule has 0 amide bonds. The molecule has 1 aliphatic rings. The zero-order valence-electron chi connectivity index (χ0n) is 8.36. The highest BCUT2D eigenvalue weighted by molar-refractivity contribution is 4.80. The summed E-state index contributed by atoms with van der Waals surface area (Å²) >= 11 is 0. The van der Waals surface area contributed by atoms with Gasteiger partial charge in [-0.3, -0.25) is 0 Å².